The Morgan fingerprint density at radius 1 is 1.25 bits per heavy atom. The van der Waals surface area contributed by atoms with E-state index in [-0.39, 0.29) is 23.9 Å². The first-order valence-corrected chi connectivity index (χ1v) is 6.96. The second-order valence-electron chi connectivity index (χ2n) is 5.27. The molecule has 3 rings (SSSR count). The van der Waals surface area contributed by atoms with Gasteiger partial charge in [0.25, 0.3) is 0 Å². The minimum atomic E-state index is -0.343. The van der Waals surface area contributed by atoms with Gasteiger partial charge in [0.15, 0.2) is 0 Å². The minimum absolute atomic E-state index is 0.0544. The Balaban J connectivity index is 2.01. The molecule has 2 fully saturated rings. The van der Waals surface area contributed by atoms with Crippen LogP contribution in [0, 0.1) is 0 Å². The summed E-state index contributed by atoms with van der Waals surface area (Å²) in [5.41, 5.74) is 0.858. The Morgan fingerprint density at radius 3 is 2.85 bits per heavy atom. The number of fused-ring (bicyclic) bond motifs is 1. The maximum Gasteiger partial charge on any atom is 0.324 e. The van der Waals surface area contributed by atoms with Crippen LogP contribution in [0.25, 0.3) is 0 Å². The van der Waals surface area contributed by atoms with E-state index < -0.39 is 0 Å². The van der Waals surface area contributed by atoms with Gasteiger partial charge in [-0.25, -0.2) is 4.79 Å². The Bertz CT molecular complexity index is 544. The van der Waals surface area contributed by atoms with Gasteiger partial charge in [0, 0.05) is 18.2 Å². The zero-order valence-corrected chi connectivity index (χ0v) is 11.5. The van der Waals surface area contributed by atoms with Crippen LogP contribution in [-0.2, 0) is 4.79 Å². The highest BCUT2D eigenvalue weighted by atomic mass is 16.5. The monoisotopic (exact) mass is 274 g/mol. The van der Waals surface area contributed by atoms with Crippen molar-refractivity contribution in [1.82, 2.24) is 10.2 Å². The molecule has 0 radical (unpaired) electrons. The molecule has 1 aromatic rings. The number of methoxy groups -OCH3 is 1. The number of nitrogens with one attached hydrogen (secondary N) is 1. The normalized spacial score (nSPS) is 25.9. The largest absolute Gasteiger partial charge is 0.496 e. The summed E-state index contributed by atoms with van der Waals surface area (Å²) in [4.78, 5) is 26.0. The van der Waals surface area contributed by atoms with Crippen molar-refractivity contribution in [3.63, 3.8) is 0 Å². The summed E-state index contributed by atoms with van der Waals surface area (Å²) in [5.74, 6) is 0.138. The Kier molecular flexibility index (Phi) is 3.34. The lowest BCUT2D eigenvalue weighted by Gasteiger charge is -2.43. The molecule has 106 valence electrons. The van der Waals surface area contributed by atoms with Gasteiger partial charge in [-0.15, -0.1) is 0 Å². The third-order valence-corrected chi connectivity index (χ3v) is 4.18. The van der Waals surface area contributed by atoms with Gasteiger partial charge in [0.1, 0.15) is 5.75 Å². The lowest BCUT2D eigenvalue weighted by molar-refractivity contribution is -0.125. The first-order valence-electron chi connectivity index (χ1n) is 6.96. The van der Waals surface area contributed by atoms with Crippen molar-refractivity contribution < 1.29 is 14.3 Å². The number of rotatable bonds is 2. The first kappa shape index (κ1) is 13.0. The molecule has 2 saturated heterocycles. The van der Waals surface area contributed by atoms with Gasteiger partial charge in [-0.1, -0.05) is 18.2 Å². The van der Waals surface area contributed by atoms with Crippen LogP contribution in [0.1, 0.15) is 30.7 Å². The highest BCUT2D eigenvalue weighted by Gasteiger charge is 2.43. The topological polar surface area (TPSA) is 58.6 Å². The second-order valence-corrected chi connectivity index (χ2v) is 5.27. The van der Waals surface area contributed by atoms with Crippen LogP contribution in [0.5, 0.6) is 5.75 Å². The van der Waals surface area contributed by atoms with Gasteiger partial charge >= 0.3 is 6.03 Å². The van der Waals surface area contributed by atoms with Gasteiger partial charge in [0.2, 0.25) is 5.91 Å². The summed E-state index contributed by atoms with van der Waals surface area (Å²) < 4.78 is 5.37. The number of amides is 3. The Labute approximate surface area is 117 Å². The zero-order valence-electron chi connectivity index (χ0n) is 11.5. The highest BCUT2D eigenvalue weighted by Crippen LogP contribution is 2.37. The van der Waals surface area contributed by atoms with E-state index >= 15 is 0 Å². The number of hydrogen-bond acceptors (Lipinski definition) is 3. The second kappa shape index (κ2) is 5.15. The maximum atomic E-state index is 12.3. The number of ether oxygens (including phenoxy) is 1. The molecule has 0 bridgehead atoms. The molecule has 0 spiro atoms. The van der Waals surface area contributed by atoms with E-state index in [0.29, 0.717) is 5.75 Å². The van der Waals surface area contributed by atoms with Gasteiger partial charge in [-0.2, -0.15) is 0 Å². The van der Waals surface area contributed by atoms with Crippen LogP contribution in [0.2, 0.25) is 0 Å². The number of imide groups is 1. The smallest absolute Gasteiger partial charge is 0.324 e. The molecule has 0 aromatic heterocycles. The number of piperidine rings is 1. The van der Waals surface area contributed by atoms with Gasteiger partial charge in [0.05, 0.1) is 13.0 Å². The quantitative estimate of drug-likeness (QED) is 0.896. The van der Waals surface area contributed by atoms with Gasteiger partial charge in [-0.3, -0.25) is 10.1 Å². The van der Waals surface area contributed by atoms with Crippen LogP contribution in [0.4, 0.5) is 4.79 Å². The fourth-order valence-electron chi connectivity index (χ4n) is 3.26. The molecular formula is C15H18N2O3. The zero-order chi connectivity index (χ0) is 14.1. The van der Waals surface area contributed by atoms with Crippen molar-refractivity contribution in [3.8, 4) is 5.75 Å². The van der Waals surface area contributed by atoms with Crippen LogP contribution in [-0.4, -0.2) is 36.5 Å². The number of hydrogen-bond donors (Lipinski definition) is 1. The van der Waals surface area contributed by atoms with Crippen LogP contribution in [0.15, 0.2) is 24.3 Å². The third kappa shape index (κ3) is 2.03. The van der Waals surface area contributed by atoms with E-state index in [0.717, 1.165) is 31.4 Å². The molecule has 3 amide bonds. The molecule has 1 N–H and O–H groups in total. The lowest BCUT2D eigenvalue weighted by atomic mass is 9.83. The van der Waals surface area contributed by atoms with Crippen molar-refractivity contribution in [2.24, 2.45) is 0 Å². The third-order valence-electron chi connectivity index (χ3n) is 4.18. The average Bonchev–Trinajstić information content (AvgIpc) is 2.48. The van der Waals surface area contributed by atoms with Crippen molar-refractivity contribution in [2.75, 3.05) is 13.7 Å². The van der Waals surface area contributed by atoms with Crippen LogP contribution in [0.3, 0.4) is 0 Å². The fourth-order valence-corrected chi connectivity index (χ4v) is 3.26. The molecule has 0 saturated carbocycles. The summed E-state index contributed by atoms with van der Waals surface area (Å²) >= 11 is 0. The Hall–Kier alpha value is -2.04. The molecule has 2 atom stereocenters. The number of benzene rings is 1. The van der Waals surface area contributed by atoms with Gasteiger partial charge < -0.3 is 9.64 Å². The van der Waals surface area contributed by atoms with Crippen molar-refractivity contribution in [1.29, 1.82) is 0 Å². The molecule has 2 aliphatic rings. The summed E-state index contributed by atoms with van der Waals surface area (Å²) in [6, 6.07) is 7.23. The molecule has 2 heterocycles. The predicted molar refractivity (Wildman–Crippen MR) is 73.6 cm³/mol. The number of urea groups is 1. The van der Waals surface area contributed by atoms with Crippen LogP contribution < -0.4 is 10.1 Å². The minimum Gasteiger partial charge on any atom is -0.496 e. The molecular weight excluding hydrogens is 256 g/mol. The molecule has 5 nitrogen and oxygen atoms in total. The van der Waals surface area contributed by atoms with Crippen molar-refractivity contribution >= 4 is 11.9 Å². The fraction of sp³-hybridized carbons (Fsp3) is 0.467. The molecule has 2 aliphatic heterocycles. The number of nitrogens with zero attached hydrogens (tertiary/aromatic N) is 1. The standard InChI is InChI=1S/C15H18N2O3/c1-20-12-8-3-2-6-10(12)13-11-7-4-5-9-17(11)15(19)16-14(13)18/h2-3,6,8,11,13H,4-5,7,9H2,1H3,(H,16,18,19). The highest BCUT2D eigenvalue weighted by molar-refractivity contribution is 6.01. The number of carbonyl (C=O) groups excluding carboxylic acids is 2. The van der Waals surface area contributed by atoms with E-state index in [1.54, 1.807) is 12.0 Å². The molecule has 2 unspecified atom stereocenters. The molecule has 20 heavy (non-hydrogen) atoms. The van der Waals surface area contributed by atoms with E-state index in [1.165, 1.54) is 0 Å². The maximum absolute atomic E-state index is 12.3. The summed E-state index contributed by atoms with van der Waals surface area (Å²) in [7, 11) is 1.60. The predicted octanol–water partition coefficient (Wildman–Crippen LogP) is 1.88. The van der Waals surface area contributed by atoms with E-state index in [2.05, 4.69) is 5.32 Å². The SMILES string of the molecule is COc1ccccc1C1C(=O)NC(=O)N2CCCCC12. The molecule has 0 aliphatic carbocycles. The van der Waals surface area contributed by atoms with E-state index in [4.69, 9.17) is 4.74 Å². The van der Waals surface area contributed by atoms with Crippen LogP contribution >= 0.6 is 0 Å². The summed E-state index contributed by atoms with van der Waals surface area (Å²) in [6.07, 6.45) is 2.91. The van der Waals surface area contributed by atoms with Gasteiger partial charge in [-0.05, 0) is 25.3 Å². The Morgan fingerprint density at radius 2 is 2.05 bits per heavy atom. The molecule has 5 heteroatoms. The lowest BCUT2D eigenvalue weighted by Crippen LogP contribution is -2.60. The van der Waals surface area contributed by atoms with E-state index in [9.17, 15) is 9.59 Å². The first-order chi connectivity index (χ1) is 9.72. The van der Waals surface area contributed by atoms with E-state index in [1.807, 2.05) is 24.3 Å². The average molecular weight is 274 g/mol. The number of carbonyl (C=O) groups is 2. The summed E-state index contributed by atoms with van der Waals surface area (Å²) in [6.45, 7) is 0.718. The molecule has 1 aromatic carbocycles. The van der Waals surface area contributed by atoms with Crippen molar-refractivity contribution in [2.45, 2.75) is 31.2 Å². The number of para-hydroxylation sites is 1. The van der Waals surface area contributed by atoms with Crippen molar-refractivity contribution in [3.05, 3.63) is 29.8 Å². The summed E-state index contributed by atoms with van der Waals surface area (Å²) in [5, 5.41) is 2.47.